The number of rotatable bonds is 11. The van der Waals surface area contributed by atoms with Crippen LogP contribution in [0.4, 0.5) is 0 Å². The molecule has 0 aliphatic heterocycles. The summed E-state index contributed by atoms with van der Waals surface area (Å²) < 4.78 is 31.6. The number of sulfonamides is 1. The first-order valence-corrected chi connectivity index (χ1v) is 16.5. The van der Waals surface area contributed by atoms with E-state index in [1.54, 1.807) is 24.3 Å². The van der Waals surface area contributed by atoms with Crippen LogP contribution >= 0.6 is 9.69 Å². The fourth-order valence-corrected chi connectivity index (χ4v) is 5.70. The van der Waals surface area contributed by atoms with E-state index in [1.807, 2.05) is 91.3 Å². The maximum absolute atomic E-state index is 13.5. The van der Waals surface area contributed by atoms with Crippen LogP contribution in [0, 0.1) is 50.4 Å². The normalized spacial score (nSPS) is 16.1. The molecule has 4 rings (SSSR count). The van der Waals surface area contributed by atoms with Gasteiger partial charge in [-0.05, 0) is 74.5 Å². The summed E-state index contributed by atoms with van der Waals surface area (Å²) in [6.07, 6.45) is 11.3. The number of aryl methyl sites for hydroxylation is 1. The van der Waals surface area contributed by atoms with Gasteiger partial charge in [0, 0.05) is 17.5 Å². The van der Waals surface area contributed by atoms with Crippen LogP contribution in [0.3, 0.4) is 0 Å². The monoisotopic (exact) mass is 648 g/mol. The Labute approximate surface area is 250 Å². The van der Waals surface area contributed by atoms with Crippen LogP contribution in [0.15, 0.2) is 89.8 Å². The molecule has 1 aliphatic carbocycles. The molecule has 0 heterocycles. The molecule has 0 bridgehead atoms. The van der Waals surface area contributed by atoms with Gasteiger partial charge in [0.2, 0.25) is 0 Å². The van der Waals surface area contributed by atoms with Gasteiger partial charge in [0.05, 0.1) is 0 Å². The van der Waals surface area contributed by atoms with Crippen LogP contribution in [0.1, 0.15) is 49.0 Å². The van der Waals surface area contributed by atoms with Gasteiger partial charge in [-0.1, -0.05) is 104 Å². The Kier molecular flexibility index (Phi) is 12.7. The predicted octanol–water partition coefficient (Wildman–Crippen LogP) is 7.84. The molecule has 3 aromatic carbocycles. The first kappa shape index (κ1) is 32.0. The van der Waals surface area contributed by atoms with Crippen molar-refractivity contribution < 1.29 is 25.7 Å². The molecule has 206 valence electrons. The third-order valence-electron chi connectivity index (χ3n) is 6.51. The molecule has 1 fully saturated rings. The van der Waals surface area contributed by atoms with Crippen LogP contribution in [-0.2, 0) is 27.3 Å². The Balaban J connectivity index is 0.00000205. The molecule has 0 spiro atoms. The summed E-state index contributed by atoms with van der Waals surface area (Å²) in [5.41, 5.74) is 2.78. The molecule has 0 amide bonds. The Morgan fingerprint density at radius 2 is 1.36 bits per heavy atom. The van der Waals surface area contributed by atoms with Crippen molar-refractivity contribution in [3.05, 3.63) is 144 Å². The first-order valence-electron chi connectivity index (χ1n) is 12.8. The van der Waals surface area contributed by atoms with Crippen LogP contribution in [0.25, 0.3) is 4.72 Å². The molecule has 0 unspecified atom stereocenters. The summed E-state index contributed by atoms with van der Waals surface area (Å²) >= 11 is 1.82. The van der Waals surface area contributed by atoms with E-state index in [9.17, 15) is 8.42 Å². The molecule has 0 saturated heterocycles. The van der Waals surface area contributed by atoms with E-state index >= 15 is 0 Å². The van der Waals surface area contributed by atoms with Gasteiger partial charge in [0.25, 0.3) is 0 Å². The molecule has 3 aromatic rings. The van der Waals surface area contributed by atoms with Gasteiger partial charge >= 0.3 is 27.0 Å². The van der Waals surface area contributed by atoms with Gasteiger partial charge in [-0.2, -0.15) is 0 Å². The fourth-order valence-electron chi connectivity index (χ4n) is 4.55. The average Bonchev–Trinajstić information content (AvgIpc) is 2.95. The standard InChI is InChI=1S/C32H35N2O2S.ClH.Ru/c1-25-19-21-29(22-20-25)37(35,36)34-31(28-17-11-6-12-18-28)30(27-15-9-5-10-16-27)33-24-32(2,3)23-26-13-7-4-8-14-26;;/h4-22,30-31,33H,23-24H2,1-3H3;1H;/q-1;;+2/p-1/t30-,31-;;/m1../s1. The van der Waals surface area contributed by atoms with Gasteiger partial charge in [-0.3, -0.25) is 0 Å². The van der Waals surface area contributed by atoms with Crippen molar-refractivity contribution >= 4 is 19.7 Å². The van der Waals surface area contributed by atoms with Crippen molar-refractivity contribution in [1.29, 1.82) is 0 Å². The van der Waals surface area contributed by atoms with Gasteiger partial charge in [-0.25, -0.2) is 8.42 Å². The van der Waals surface area contributed by atoms with Crippen LogP contribution < -0.4 is 5.32 Å². The Hall–Kier alpha value is -1.56. The van der Waals surface area contributed by atoms with E-state index in [2.05, 4.69) is 59.3 Å². The van der Waals surface area contributed by atoms with E-state index in [-0.39, 0.29) is 16.4 Å². The first-order chi connectivity index (χ1) is 18.7. The predicted molar refractivity (Wildman–Crippen MR) is 157 cm³/mol. The molecule has 0 aromatic heterocycles. The van der Waals surface area contributed by atoms with E-state index in [0.717, 1.165) is 23.1 Å². The third-order valence-corrected chi connectivity index (χ3v) is 7.89. The summed E-state index contributed by atoms with van der Waals surface area (Å²) in [5.74, 6) is 1.27. The number of benzene rings is 3. The Morgan fingerprint density at radius 1 is 0.821 bits per heavy atom. The Bertz CT molecular complexity index is 1220. The molecule has 6 radical (unpaired) electrons. The number of halogens is 1. The summed E-state index contributed by atoms with van der Waals surface area (Å²) in [4.78, 5) is 0.204. The fraction of sp³-hybridized carbons (Fsp3) is 0.250. The minimum atomic E-state index is -3.89. The molecule has 1 N–H and O–H groups in total. The second-order valence-corrected chi connectivity index (χ2v) is 12.0. The topological polar surface area (TPSA) is 60.3 Å². The van der Waals surface area contributed by atoms with Gasteiger partial charge in [-0.15, -0.1) is 0 Å². The van der Waals surface area contributed by atoms with E-state index < -0.39 is 16.1 Å². The van der Waals surface area contributed by atoms with E-state index in [4.69, 9.17) is 0 Å². The van der Waals surface area contributed by atoms with Gasteiger partial charge in [0.15, 0.2) is 0 Å². The number of nitrogens with one attached hydrogen (secondary N) is 1. The van der Waals surface area contributed by atoms with Crippen molar-refractivity contribution in [2.24, 2.45) is 5.41 Å². The second-order valence-electron chi connectivity index (χ2n) is 10.3. The van der Waals surface area contributed by atoms with Crippen molar-refractivity contribution in [3.8, 4) is 0 Å². The summed E-state index contributed by atoms with van der Waals surface area (Å²) in [6.45, 7) is 7.08. The third kappa shape index (κ3) is 9.79. The number of hydrogen-bond donors (Lipinski definition) is 1. The zero-order valence-electron chi connectivity index (χ0n) is 22.4. The average molecular weight is 648 g/mol. The van der Waals surface area contributed by atoms with Crippen molar-refractivity contribution in [3.63, 3.8) is 0 Å². The van der Waals surface area contributed by atoms with Crippen LogP contribution in [-0.4, -0.2) is 15.0 Å². The van der Waals surface area contributed by atoms with Gasteiger partial charge < -0.3 is 10.0 Å². The molecular formula is C32H35ClN2O2RuS. The van der Waals surface area contributed by atoms with E-state index in [1.165, 1.54) is 5.92 Å². The summed E-state index contributed by atoms with van der Waals surface area (Å²) in [7, 11) is 0.674. The SMILES string of the molecule is Cc1ccc(S(=O)(=O)[N-][C@H](c2ccccc2)[C@H](NCC(C)(C)C[C]2[CH][CH][CH][CH][CH]2)c2ccccc2)cc1.[Cl][Ru+]. The van der Waals surface area contributed by atoms with Crippen molar-refractivity contribution in [2.75, 3.05) is 6.54 Å². The number of nitrogens with zero attached hydrogens (tertiary/aromatic N) is 1. The molecule has 39 heavy (non-hydrogen) atoms. The van der Waals surface area contributed by atoms with Crippen molar-refractivity contribution in [2.45, 2.75) is 44.2 Å². The quantitative estimate of drug-likeness (QED) is 0.216. The molecule has 2 atom stereocenters. The maximum atomic E-state index is 13.5. The molecule has 7 heteroatoms. The van der Waals surface area contributed by atoms with Crippen LogP contribution in [0.5, 0.6) is 0 Å². The number of hydrogen-bond acceptors (Lipinski definition) is 3. The summed E-state index contributed by atoms with van der Waals surface area (Å²) in [5, 5.41) is 3.72. The molecular weight excluding hydrogens is 613 g/mol. The zero-order valence-corrected chi connectivity index (χ0v) is 25.8. The van der Waals surface area contributed by atoms with Crippen molar-refractivity contribution in [1.82, 2.24) is 5.32 Å². The molecule has 4 nitrogen and oxygen atoms in total. The molecule has 1 saturated carbocycles. The Morgan fingerprint density at radius 3 is 1.92 bits per heavy atom. The minimum absolute atomic E-state index is 0.0640. The van der Waals surface area contributed by atoms with Gasteiger partial charge in [0.1, 0.15) is 10.0 Å². The molecule has 1 aliphatic rings. The van der Waals surface area contributed by atoms with E-state index in [0.29, 0.717) is 6.54 Å². The van der Waals surface area contributed by atoms with Crippen LogP contribution in [0.2, 0.25) is 0 Å². The zero-order chi connectivity index (χ0) is 28.3. The second kappa shape index (κ2) is 15.4. The summed E-state index contributed by atoms with van der Waals surface area (Å²) in [6, 6.07) is 25.6.